The maximum absolute atomic E-state index is 6.03. The van der Waals surface area contributed by atoms with E-state index >= 15 is 0 Å². The lowest BCUT2D eigenvalue weighted by Crippen LogP contribution is -1.87. The number of nitrogens with zero attached hydrogens (tertiary/aromatic N) is 2. The van der Waals surface area contributed by atoms with Crippen LogP contribution in [-0.4, -0.2) is 9.78 Å². The first-order valence-electron chi connectivity index (χ1n) is 4.70. The van der Waals surface area contributed by atoms with Crippen LogP contribution in [0.1, 0.15) is 25.3 Å². The summed E-state index contributed by atoms with van der Waals surface area (Å²) in [7, 11) is 1.93. The fraction of sp³-hybridized carbons (Fsp3) is 0.364. The Kier molecular flexibility index (Phi) is 2.23. The van der Waals surface area contributed by atoms with Crippen molar-refractivity contribution in [1.29, 1.82) is 0 Å². The summed E-state index contributed by atoms with van der Waals surface area (Å²) in [5.41, 5.74) is 2.24. The summed E-state index contributed by atoms with van der Waals surface area (Å²) in [6, 6.07) is 3.93. The van der Waals surface area contributed by atoms with Crippen molar-refractivity contribution in [3.63, 3.8) is 0 Å². The van der Waals surface area contributed by atoms with E-state index in [9.17, 15) is 0 Å². The topological polar surface area (TPSA) is 17.8 Å². The van der Waals surface area contributed by atoms with E-state index in [1.165, 1.54) is 10.9 Å². The number of hydrogen-bond donors (Lipinski definition) is 0. The van der Waals surface area contributed by atoms with E-state index in [1.807, 2.05) is 30.1 Å². The van der Waals surface area contributed by atoms with E-state index in [-0.39, 0.29) is 0 Å². The second-order valence-electron chi connectivity index (χ2n) is 3.89. The molecular formula is C11H13ClN2. The van der Waals surface area contributed by atoms with Crippen molar-refractivity contribution >= 4 is 22.5 Å². The van der Waals surface area contributed by atoms with E-state index < -0.39 is 0 Å². The van der Waals surface area contributed by atoms with Gasteiger partial charge >= 0.3 is 0 Å². The molecule has 14 heavy (non-hydrogen) atoms. The summed E-state index contributed by atoms with van der Waals surface area (Å²) in [5, 5.41) is 6.31. The molecule has 0 aliphatic carbocycles. The number of aryl methyl sites for hydroxylation is 1. The molecule has 3 heteroatoms. The van der Waals surface area contributed by atoms with Crippen LogP contribution in [-0.2, 0) is 7.05 Å². The van der Waals surface area contributed by atoms with Crippen molar-refractivity contribution in [2.24, 2.45) is 7.05 Å². The molecule has 1 aromatic heterocycles. The largest absolute Gasteiger partial charge is 0.275 e. The summed E-state index contributed by atoms with van der Waals surface area (Å²) in [5.74, 6) is 0.473. The Balaban J connectivity index is 2.79. The van der Waals surface area contributed by atoms with Crippen molar-refractivity contribution in [1.82, 2.24) is 9.78 Å². The standard InChI is InChI=1S/C11H13ClN2/c1-7(2)9-4-8(12)5-11-10(9)6-14(3)13-11/h4-7H,1-3H3. The molecule has 0 aliphatic heterocycles. The third-order valence-electron chi connectivity index (χ3n) is 2.36. The Bertz CT molecular complexity index is 471. The van der Waals surface area contributed by atoms with Crippen LogP contribution in [0.5, 0.6) is 0 Å². The highest BCUT2D eigenvalue weighted by molar-refractivity contribution is 6.31. The van der Waals surface area contributed by atoms with Crippen LogP contribution in [0.4, 0.5) is 0 Å². The van der Waals surface area contributed by atoms with Gasteiger partial charge in [-0.1, -0.05) is 25.4 Å². The number of rotatable bonds is 1. The van der Waals surface area contributed by atoms with Gasteiger partial charge in [0.2, 0.25) is 0 Å². The Morgan fingerprint density at radius 2 is 2.07 bits per heavy atom. The Morgan fingerprint density at radius 1 is 1.36 bits per heavy atom. The molecular weight excluding hydrogens is 196 g/mol. The summed E-state index contributed by atoms with van der Waals surface area (Å²) < 4.78 is 1.83. The van der Waals surface area contributed by atoms with Gasteiger partial charge < -0.3 is 0 Å². The molecule has 0 atom stereocenters. The minimum Gasteiger partial charge on any atom is -0.275 e. The molecule has 1 heterocycles. The number of fused-ring (bicyclic) bond motifs is 1. The van der Waals surface area contributed by atoms with Gasteiger partial charge in [-0.05, 0) is 23.6 Å². The van der Waals surface area contributed by atoms with Gasteiger partial charge in [0.25, 0.3) is 0 Å². The molecule has 2 nitrogen and oxygen atoms in total. The zero-order valence-electron chi connectivity index (χ0n) is 8.58. The predicted molar refractivity (Wildman–Crippen MR) is 59.8 cm³/mol. The number of halogens is 1. The SMILES string of the molecule is CC(C)c1cc(Cl)cc2nn(C)cc12. The second-order valence-corrected chi connectivity index (χ2v) is 4.32. The summed E-state index contributed by atoms with van der Waals surface area (Å²) in [4.78, 5) is 0. The summed E-state index contributed by atoms with van der Waals surface area (Å²) in [6.07, 6.45) is 2.04. The second kappa shape index (κ2) is 3.28. The van der Waals surface area contributed by atoms with E-state index in [4.69, 9.17) is 11.6 Å². The van der Waals surface area contributed by atoms with E-state index in [1.54, 1.807) is 0 Å². The molecule has 0 aliphatic rings. The van der Waals surface area contributed by atoms with Crippen LogP contribution in [0.2, 0.25) is 5.02 Å². The average Bonchev–Trinajstić information content (AvgIpc) is 2.42. The molecule has 2 rings (SSSR count). The van der Waals surface area contributed by atoms with Crippen molar-refractivity contribution in [3.05, 3.63) is 28.9 Å². The fourth-order valence-electron chi connectivity index (χ4n) is 1.71. The molecule has 1 aromatic carbocycles. The van der Waals surface area contributed by atoms with Crippen molar-refractivity contribution in [2.45, 2.75) is 19.8 Å². The van der Waals surface area contributed by atoms with Gasteiger partial charge in [-0.25, -0.2) is 0 Å². The first-order valence-corrected chi connectivity index (χ1v) is 5.08. The highest BCUT2D eigenvalue weighted by Crippen LogP contribution is 2.28. The van der Waals surface area contributed by atoms with Gasteiger partial charge in [-0.2, -0.15) is 5.10 Å². The van der Waals surface area contributed by atoms with Gasteiger partial charge in [-0.3, -0.25) is 4.68 Å². The lowest BCUT2D eigenvalue weighted by molar-refractivity contribution is 0.779. The average molecular weight is 209 g/mol. The molecule has 0 unspecified atom stereocenters. The van der Waals surface area contributed by atoms with Crippen molar-refractivity contribution < 1.29 is 0 Å². The molecule has 74 valence electrons. The number of benzene rings is 1. The van der Waals surface area contributed by atoms with E-state index in [2.05, 4.69) is 18.9 Å². The third-order valence-corrected chi connectivity index (χ3v) is 2.58. The van der Waals surface area contributed by atoms with Crippen LogP contribution in [0.15, 0.2) is 18.3 Å². The predicted octanol–water partition coefficient (Wildman–Crippen LogP) is 3.35. The molecule has 2 aromatic rings. The zero-order valence-corrected chi connectivity index (χ0v) is 9.34. The van der Waals surface area contributed by atoms with Gasteiger partial charge in [0.1, 0.15) is 0 Å². The van der Waals surface area contributed by atoms with E-state index in [0.717, 1.165) is 10.5 Å². The van der Waals surface area contributed by atoms with Crippen LogP contribution >= 0.6 is 11.6 Å². The lowest BCUT2D eigenvalue weighted by atomic mass is 10.00. The lowest BCUT2D eigenvalue weighted by Gasteiger charge is -2.06. The van der Waals surface area contributed by atoms with Crippen molar-refractivity contribution in [2.75, 3.05) is 0 Å². The van der Waals surface area contributed by atoms with Gasteiger partial charge in [-0.15, -0.1) is 0 Å². The molecule has 0 bridgehead atoms. The number of hydrogen-bond acceptors (Lipinski definition) is 1. The smallest absolute Gasteiger partial charge is 0.0940 e. The summed E-state index contributed by atoms with van der Waals surface area (Å²) >= 11 is 6.03. The molecule has 0 saturated heterocycles. The summed E-state index contributed by atoms with van der Waals surface area (Å²) in [6.45, 7) is 4.33. The highest BCUT2D eigenvalue weighted by Gasteiger charge is 2.09. The van der Waals surface area contributed by atoms with Crippen LogP contribution in [0.3, 0.4) is 0 Å². The van der Waals surface area contributed by atoms with Crippen molar-refractivity contribution in [3.8, 4) is 0 Å². The van der Waals surface area contributed by atoms with Gasteiger partial charge in [0.15, 0.2) is 0 Å². The van der Waals surface area contributed by atoms with Gasteiger partial charge in [0, 0.05) is 23.7 Å². The molecule has 0 saturated carbocycles. The maximum atomic E-state index is 6.03. The molecule has 0 radical (unpaired) electrons. The maximum Gasteiger partial charge on any atom is 0.0940 e. The highest BCUT2D eigenvalue weighted by atomic mass is 35.5. The minimum atomic E-state index is 0.473. The molecule has 0 fully saturated rings. The Hall–Kier alpha value is -1.02. The van der Waals surface area contributed by atoms with Crippen LogP contribution < -0.4 is 0 Å². The molecule has 0 N–H and O–H groups in total. The third kappa shape index (κ3) is 1.50. The number of aromatic nitrogens is 2. The molecule has 0 spiro atoms. The first kappa shape index (κ1) is 9.53. The minimum absolute atomic E-state index is 0.473. The van der Waals surface area contributed by atoms with Crippen LogP contribution in [0.25, 0.3) is 10.9 Å². The Morgan fingerprint density at radius 3 is 2.71 bits per heavy atom. The monoisotopic (exact) mass is 208 g/mol. The van der Waals surface area contributed by atoms with Crippen LogP contribution in [0, 0.1) is 0 Å². The Labute approximate surface area is 88.5 Å². The normalized spacial score (nSPS) is 11.5. The zero-order chi connectivity index (χ0) is 10.3. The fourth-order valence-corrected chi connectivity index (χ4v) is 1.93. The van der Waals surface area contributed by atoms with Gasteiger partial charge in [0.05, 0.1) is 5.52 Å². The first-order chi connectivity index (χ1) is 6.58. The quantitative estimate of drug-likeness (QED) is 0.703. The van der Waals surface area contributed by atoms with E-state index in [0.29, 0.717) is 5.92 Å². The molecule has 0 amide bonds.